The van der Waals surface area contributed by atoms with Gasteiger partial charge in [-0.1, -0.05) is 0 Å². The lowest BCUT2D eigenvalue weighted by atomic mass is 10.2. The van der Waals surface area contributed by atoms with Crippen LogP contribution in [0.15, 0.2) is 0 Å². The molecular weight excluding hydrogens is 137 g/mol. The summed E-state index contributed by atoms with van der Waals surface area (Å²) in [5.74, 6) is 0. The molecule has 4 heteroatoms. The molecule has 1 saturated heterocycles. The standard InChI is InChI=1S/C6H10FNO2/c7-5-1-2-8-6(5)3-10-4-9/h4-6,8H,1-3H2. The molecule has 0 aromatic rings. The summed E-state index contributed by atoms with van der Waals surface area (Å²) in [5, 5.41) is 2.88. The van der Waals surface area contributed by atoms with Crippen LogP contribution in [0.3, 0.4) is 0 Å². The lowest BCUT2D eigenvalue weighted by molar-refractivity contribution is -0.129. The molecule has 1 heterocycles. The molecule has 3 nitrogen and oxygen atoms in total. The smallest absolute Gasteiger partial charge is 0.293 e. The van der Waals surface area contributed by atoms with Crippen LogP contribution in [-0.2, 0) is 9.53 Å². The molecule has 1 fully saturated rings. The molecule has 1 N–H and O–H groups in total. The molecular formula is C6H10FNO2. The number of nitrogens with one attached hydrogen (secondary N) is 1. The average Bonchev–Trinajstić information content (AvgIpc) is 2.31. The van der Waals surface area contributed by atoms with Gasteiger partial charge in [0, 0.05) is 0 Å². The first-order chi connectivity index (χ1) is 4.84. The summed E-state index contributed by atoms with van der Waals surface area (Å²) in [6.45, 7) is 1.16. The fourth-order valence-corrected chi connectivity index (χ4v) is 1.04. The Hall–Kier alpha value is -0.640. The van der Waals surface area contributed by atoms with E-state index in [-0.39, 0.29) is 12.6 Å². The summed E-state index contributed by atoms with van der Waals surface area (Å²) in [6.07, 6.45) is -0.340. The van der Waals surface area contributed by atoms with Crippen LogP contribution >= 0.6 is 0 Å². The Bertz CT molecular complexity index is 120. The Morgan fingerprint density at radius 1 is 1.80 bits per heavy atom. The van der Waals surface area contributed by atoms with Crippen molar-refractivity contribution in [3.8, 4) is 0 Å². The number of carbonyl (C=O) groups is 1. The Morgan fingerprint density at radius 3 is 3.10 bits per heavy atom. The maximum atomic E-state index is 12.7. The topological polar surface area (TPSA) is 38.3 Å². The molecule has 0 aliphatic carbocycles. The quantitative estimate of drug-likeness (QED) is 0.564. The SMILES string of the molecule is O=COCC1NCCC1F. The molecule has 2 atom stereocenters. The van der Waals surface area contributed by atoms with Crippen molar-refractivity contribution in [1.82, 2.24) is 5.32 Å². The third-order valence-corrected chi connectivity index (χ3v) is 1.61. The second-order valence-corrected chi connectivity index (χ2v) is 2.29. The van der Waals surface area contributed by atoms with Crippen molar-refractivity contribution >= 4 is 6.47 Å². The average molecular weight is 147 g/mol. The maximum Gasteiger partial charge on any atom is 0.293 e. The molecule has 0 aromatic carbocycles. The van der Waals surface area contributed by atoms with Gasteiger partial charge in [0.25, 0.3) is 6.47 Å². The third-order valence-electron chi connectivity index (χ3n) is 1.61. The lowest BCUT2D eigenvalue weighted by Crippen LogP contribution is -2.32. The molecule has 0 amide bonds. The fraction of sp³-hybridized carbons (Fsp3) is 0.833. The molecule has 0 bridgehead atoms. The zero-order valence-electron chi connectivity index (χ0n) is 5.55. The highest BCUT2D eigenvalue weighted by Gasteiger charge is 2.26. The van der Waals surface area contributed by atoms with Crippen molar-refractivity contribution in [1.29, 1.82) is 0 Å². The predicted molar refractivity (Wildman–Crippen MR) is 33.3 cm³/mol. The third kappa shape index (κ3) is 1.67. The van der Waals surface area contributed by atoms with E-state index in [0.717, 1.165) is 0 Å². The number of ether oxygens (including phenoxy) is 1. The van der Waals surface area contributed by atoms with Crippen molar-refractivity contribution in [2.24, 2.45) is 0 Å². The van der Waals surface area contributed by atoms with E-state index in [4.69, 9.17) is 0 Å². The molecule has 0 radical (unpaired) electrons. The van der Waals surface area contributed by atoms with Gasteiger partial charge in [-0.2, -0.15) is 0 Å². The van der Waals surface area contributed by atoms with E-state index in [1.54, 1.807) is 0 Å². The predicted octanol–water partition coefficient (Wildman–Crippen LogP) is -0.141. The fourth-order valence-electron chi connectivity index (χ4n) is 1.04. The first kappa shape index (κ1) is 7.47. The van der Waals surface area contributed by atoms with E-state index in [1.165, 1.54) is 0 Å². The largest absolute Gasteiger partial charge is 0.466 e. The minimum Gasteiger partial charge on any atom is -0.466 e. The minimum absolute atomic E-state index is 0.144. The number of alkyl halides is 1. The molecule has 1 aliphatic heterocycles. The number of hydrogen-bond acceptors (Lipinski definition) is 3. The van der Waals surface area contributed by atoms with Gasteiger partial charge in [0.05, 0.1) is 6.04 Å². The molecule has 0 aromatic heterocycles. The van der Waals surface area contributed by atoms with Crippen molar-refractivity contribution in [2.75, 3.05) is 13.2 Å². The Balaban J connectivity index is 2.19. The van der Waals surface area contributed by atoms with E-state index in [9.17, 15) is 9.18 Å². The number of halogens is 1. The Kier molecular flexibility index (Phi) is 2.62. The van der Waals surface area contributed by atoms with Gasteiger partial charge in [-0.3, -0.25) is 4.79 Å². The molecule has 10 heavy (non-hydrogen) atoms. The van der Waals surface area contributed by atoms with Gasteiger partial charge in [-0.25, -0.2) is 4.39 Å². The van der Waals surface area contributed by atoms with E-state index in [2.05, 4.69) is 10.1 Å². The number of hydrogen-bond donors (Lipinski definition) is 1. The van der Waals surface area contributed by atoms with Crippen molar-refractivity contribution in [3.63, 3.8) is 0 Å². The summed E-state index contributed by atoms with van der Waals surface area (Å²) < 4.78 is 17.1. The molecule has 0 saturated carbocycles. The van der Waals surface area contributed by atoms with Crippen LogP contribution in [0.5, 0.6) is 0 Å². The summed E-state index contributed by atoms with van der Waals surface area (Å²) in [4.78, 5) is 9.70. The minimum atomic E-state index is -0.861. The van der Waals surface area contributed by atoms with E-state index in [0.29, 0.717) is 19.4 Å². The number of rotatable bonds is 3. The summed E-state index contributed by atoms with van der Waals surface area (Å²) in [5.41, 5.74) is 0. The highest BCUT2D eigenvalue weighted by atomic mass is 19.1. The van der Waals surface area contributed by atoms with Crippen LogP contribution < -0.4 is 5.32 Å². The highest BCUT2D eigenvalue weighted by molar-refractivity contribution is 5.37. The Labute approximate surface area is 58.5 Å². The van der Waals surface area contributed by atoms with Crippen molar-refractivity contribution in [3.05, 3.63) is 0 Å². The van der Waals surface area contributed by atoms with Gasteiger partial charge in [-0.05, 0) is 13.0 Å². The zero-order chi connectivity index (χ0) is 7.40. The van der Waals surface area contributed by atoms with Gasteiger partial charge in [0.1, 0.15) is 12.8 Å². The van der Waals surface area contributed by atoms with Gasteiger partial charge >= 0.3 is 0 Å². The summed E-state index contributed by atoms with van der Waals surface area (Å²) in [6, 6.07) is -0.287. The van der Waals surface area contributed by atoms with Gasteiger partial charge in [0.2, 0.25) is 0 Å². The normalized spacial score (nSPS) is 32.1. The van der Waals surface area contributed by atoms with Crippen LogP contribution in [0.1, 0.15) is 6.42 Å². The van der Waals surface area contributed by atoms with Crippen LogP contribution in [0.25, 0.3) is 0 Å². The molecule has 58 valence electrons. The molecule has 2 unspecified atom stereocenters. The van der Waals surface area contributed by atoms with E-state index < -0.39 is 6.17 Å². The second kappa shape index (κ2) is 3.51. The molecule has 1 rings (SSSR count). The first-order valence-corrected chi connectivity index (χ1v) is 3.27. The maximum absolute atomic E-state index is 12.7. The molecule has 1 aliphatic rings. The number of carbonyl (C=O) groups excluding carboxylic acids is 1. The van der Waals surface area contributed by atoms with Gasteiger partial charge in [0.15, 0.2) is 0 Å². The van der Waals surface area contributed by atoms with Gasteiger partial charge < -0.3 is 10.1 Å². The van der Waals surface area contributed by atoms with Crippen molar-refractivity contribution < 1.29 is 13.9 Å². The van der Waals surface area contributed by atoms with E-state index in [1.807, 2.05) is 0 Å². The summed E-state index contributed by atoms with van der Waals surface area (Å²) >= 11 is 0. The first-order valence-electron chi connectivity index (χ1n) is 3.27. The van der Waals surface area contributed by atoms with Crippen LogP contribution in [-0.4, -0.2) is 31.8 Å². The highest BCUT2D eigenvalue weighted by Crippen LogP contribution is 2.10. The van der Waals surface area contributed by atoms with Crippen LogP contribution in [0.2, 0.25) is 0 Å². The van der Waals surface area contributed by atoms with Gasteiger partial charge in [-0.15, -0.1) is 0 Å². The zero-order valence-corrected chi connectivity index (χ0v) is 5.55. The Morgan fingerprint density at radius 2 is 2.60 bits per heavy atom. The van der Waals surface area contributed by atoms with E-state index >= 15 is 0 Å². The van der Waals surface area contributed by atoms with Crippen LogP contribution in [0, 0.1) is 0 Å². The lowest BCUT2D eigenvalue weighted by Gasteiger charge is -2.10. The monoisotopic (exact) mass is 147 g/mol. The van der Waals surface area contributed by atoms with Crippen LogP contribution in [0.4, 0.5) is 4.39 Å². The summed E-state index contributed by atoms with van der Waals surface area (Å²) in [7, 11) is 0. The molecule has 0 spiro atoms. The second-order valence-electron chi connectivity index (χ2n) is 2.29. The van der Waals surface area contributed by atoms with Crippen molar-refractivity contribution in [2.45, 2.75) is 18.6 Å².